The van der Waals surface area contributed by atoms with Crippen molar-refractivity contribution in [3.8, 4) is 0 Å². The van der Waals surface area contributed by atoms with Crippen molar-refractivity contribution >= 4 is 17.5 Å². The summed E-state index contributed by atoms with van der Waals surface area (Å²) in [6, 6.07) is 23.0. The molecule has 4 rings (SSSR count). The van der Waals surface area contributed by atoms with Crippen LogP contribution in [-0.2, 0) is 6.54 Å². The Balaban J connectivity index is 1.41. The zero-order valence-electron chi connectivity index (χ0n) is 15.7. The van der Waals surface area contributed by atoms with E-state index in [4.69, 9.17) is 4.98 Å². The Morgan fingerprint density at radius 3 is 2.15 bits per heavy atom. The van der Waals surface area contributed by atoms with E-state index in [1.165, 1.54) is 11.3 Å². The molecule has 2 heterocycles. The Kier molecular flexibility index (Phi) is 5.19. The topological polar surface area (TPSA) is 35.5 Å². The van der Waals surface area contributed by atoms with E-state index >= 15 is 0 Å². The van der Waals surface area contributed by atoms with Gasteiger partial charge in [0, 0.05) is 51.7 Å². The van der Waals surface area contributed by atoms with E-state index in [9.17, 15) is 0 Å². The van der Waals surface area contributed by atoms with Crippen LogP contribution in [0.25, 0.3) is 0 Å². The molecule has 1 saturated heterocycles. The fraction of sp³-hybridized carbons (Fsp3) is 0.273. The molecule has 3 aromatic rings. The maximum Gasteiger partial charge on any atom is 0.227 e. The van der Waals surface area contributed by atoms with Crippen molar-refractivity contribution in [2.75, 3.05) is 47.9 Å². The van der Waals surface area contributed by atoms with Crippen LogP contribution in [0.4, 0.5) is 17.5 Å². The summed E-state index contributed by atoms with van der Waals surface area (Å²) < 4.78 is 0. The summed E-state index contributed by atoms with van der Waals surface area (Å²) in [6.07, 6.45) is 1.86. The molecular formula is C22H25N5. The van der Waals surface area contributed by atoms with E-state index in [0.29, 0.717) is 0 Å². The standard InChI is InChI=1S/C22H25N5/c1-25(18-19-8-4-2-5-9-19)21-12-13-23-22(24-21)27-16-14-26(15-17-27)20-10-6-3-7-11-20/h2-13H,14-18H2,1H3. The van der Waals surface area contributed by atoms with Gasteiger partial charge in [-0.05, 0) is 23.8 Å². The third-order valence-electron chi connectivity index (χ3n) is 4.97. The van der Waals surface area contributed by atoms with Gasteiger partial charge in [-0.25, -0.2) is 4.98 Å². The summed E-state index contributed by atoms with van der Waals surface area (Å²) >= 11 is 0. The maximum absolute atomic E-state index is 4.81. The van der Waals surface area contributed by atoms with Crippen molar-refractivity contribution in [1.82, 2.24) is 9.97 Å². The first-order chi connectivity index (χ1) is 13.3. The molecule has 0 amide bonds. The van der Waals surface area contributed by atoms with Crippen LogP contribution in [0.2, 0.25) is 0 Å². The van der Waals surface area contributed by atoms with Crippen molar-refractivity contribution in [1.29, 1.82) is 0 Å². The minimum Gasteiger partial charge on any atom is -0.368 e. The van der Waals surface area contributed by atoms with Crippen molar-refractivity contribution in [2.45, 2.75) is 6.54 Å². The summed E-state index contributed by atoms with van der Waals surface area (Å²) in [7, 11) is 2.08. The van der Waals surface area contributed by atoms with E-state index in [0.717, 1.165) is 44.5 Å². The van der Waals surface area contributed by atoms with Gasteiger partial charge in [0.15, 0.2) is 0 Å². The first kappa shape index (κ1) is 17.3. The predicted molar refractivity (Wildman–Crippen MR) is 111 cm³/mol. The molecule has 1 aliphatic heterocycles. The van der Waals surface area contributed by atoms with E-state index in [1.54, 1.807) is 0 Å². The fourth-order valence-electron chi connectivity index (χ4n) is 3.45. The molecule has 0 bridgehead atoms. The number of para-hydroxylation sites is 1. The van der Waals surface area contributed by atoms with E-state index in [2.05, 4.69) is 81.3 Å². The van der Waals surface area contributed by atoms with E-state index < -0.39 is 0 Å². The van der Waals surface area contributed by atoms with Crippen LogP contribution in [0, 0.1) is 0 Å². The molecule has 5 nitrogen and oxygen atoms in total. The largest absolute Gasteiger partial charge is 0.368 e. The highest BCUT2D eigenvalue weighted by Crippen LogP contribution is 2.20. The molecule has 1 aromatic heterocycles. The number of hydrogen-bond acceptors (Lipinski definition) is 5. The van der Waals surface area contributed by atoms with Crippen LogP contribution in [0.3, 0.4) is 0 Å². The molecule has 0 unspecified atom stereocenters. The molecule has 0 saturated carbocycles. The van der Waals surface area contributed by atoms with Crippen LogP contribution in [0.5, 0.6) is 0 Å². The van der Waals surface area contributed by atoms with E-state index in [-0.39, 0.29) is 0 Å². The van der Waals surface area contributed by atoms with Gasteiger partial charge in [0.25, 0.3) is 0 Å². The predicted octanol–water partition coefficient (Wildman–Crippen LogP) is 3.44. The minimum absolute atomic E-state index is 0.820. The maximum atomic E-state index is 4.81. The molecule has 0 N–H and O–H groups in total. The van der Waals surface area contributed by atoms with Crippen LogP contribution >= 0.6 is 0 Å². The monoisotopic (exact) mass is 359 g/mol. The molecule has 0 spiro atoms. The molecular weight excluding hydrogens is 334 g/mol. The SMILES string of the molecule is CN(Cc1ccccc1)c1ccnc(N2CCN(c3ccccc3)CC2)n1. The second-order valence-electron chi connectivity index (χ2n) is 6.87. The first-order valence-electron chi connectivity index (χ1n) is 9.43. The lowest BCUT2D eigenvalue weighted by molar-refractivity contribution is 0.639. The lowest BCUT2D eigenvalue weighted by atomic mass is 10.2. The Morgan fingerprint density at radius 2 is 1.44 bits per heavy atom. The van der Waals surface area contributed by atoms with Gasteiger partial charge >= 0.3 is 0 Å². The Morgan fingerprint density at radius 1 is 0.815 bits per heavy atom. The zero-order chi connectivity index (χ0) is 18.5. The zero-order valence-corrected chi connectivity index (χ0v) is 15.7. The van der Waals surface area contributed by atoms with Crippen LogP contribution < -0.4 is 14.7 Å². The number of piperazine rings is 1. The third kappa shape index (κ3) is 4.19. The highest BCUT2D eigenvalue weighted by Gasteiger charge is 2.19. The number of rotatable bonds is 5. The molecule has 27 heavy (non-hydrogen) atoms. The summed E-state index contributed by atoms with van der Waals surface area (Å²) in [5, 5.41) is 0. The molecule has 1 aliphatic rings. The van der Waals surface area contributed by atoms with Gasteiger partial charge in [-0.2, -0.15) is 4.98 Å². The summed E-state index contributed by atoms with van der Waals surface area (Å²) in [4.78, 5) is 16.2. The highest BCUT2D eigenvalue weighted by atomic mass is 15.3. The van der Waals surface area contributed by atoms with Gasteiger partial charge in [-0.3, -0.25) is 0 Å². The van der Waals surface area contributed by atoms with Gasteiger partial charge in [0.2, 0.25) is 5.95 Å². The van der Waals surface area contributed by atoms with Gasteiger partial charge in [0.05, 0.1) is 0 Å². The second-order valence-corrected chi connectivity index (χ2v) is 6.87. The summed E-state index contributed by atoms with van der Waals surface area (Å²) in [5.41, 5.74) is 2.56. The molecule has 138 valence electrons. The average Bonchev–Trinajstić information content (AvgIpc) is 2.75. The summed E-state index contributed by atoms with van der Waals surface area (Å²) in [5.74, 6) is 1.77. The van der Waals surface area contributed by atoms with Crippen molar-refractivity contribution in [3.63, 3.8) is 0 Å². The minimum atomic E-state index is 0.820. The number of nitrogens with zero attached hydrogens (tertiary/aromatic N) is 5. The number of anilines is 3. The first-order valence-corrected chi connectivity index (χ1v) is 9.43. The fourth-order valence-corrected chi connectivity index (χ4v) is 3.45. The Hall–Kier alpha value is -3.08. The molecule has 0 radical (unpaired) electrons. The molecule has 5 heteroatoms. The molecule has 1 fully saturated rings. The number of benzene rings is 2. The number of aromatic nitrogens is 2. The third-order valence-corrected chi connectivity index (χ3v) is 4.97. The van der Waals surface area contributed by atoms with Gasteiger partial charge < -0.3 is 14.7 Å². The van der Waals surface area contributed by atoms with Crippen LogP contribution in [-0.4, -0.2) is 43.2 Å². The van der Waals surface area contributed by atoms with E-state index in [1.807, 2.05) is 18.3 Å². The number of hydrogen-bond donors (Lipinski definition) is 0. The Labute approximate surface area is 160 Å². The van der Waals surface area contributed by atoms with Gasteiger partial charge in [-0.15, -0.1) is 0 Å². The average molecular weight is 359 g/mol. The highest BCUT2D eigenvalue weighted by molar-refractivity contribution is 5.49. The van der Waals surface area contributed by atoms with Crippen molar-refractivity contribution < 1.29 is 0 Å². The van der Waals surface area contributed by atoms with Crippen LogP contribution in [0.1, 0.15) is 5.56 Å². The Bertz CT molecular complexity index is 845. The van der Waals surface area contributed by atoms with Gasteiger partial charge in [0.1, 0.15) is 5.82 Å². The van der Waals surface area contributed by atoms with Crippen molar-refractivity contribution in [2.24, 2.45) is 0 Å². The molecule has 2 aromatic carbocycles. The molecule has 0 aliphatic carbocycles. The lowest BCUT2D eigenvalue weighted by Crippen LogP contribution is -2.47. The van der Waals surface area contributed by atoms with Crippen molar-refractivity contribution in [3.05, 3.63) is 78.5 Å². The smallest absolute Gasteiger partial charge is 0.227 e. The quantitative estimate of drug-likeness (QED) is 0.697. The normalized spacial score (nSPS) is 14.3. The summed E-state index contributed by atoms with van der Waals surface area (Å²) in [6.45, 7) is 4.66. The molecule has 0 atom stereocenters. The lowest BCUT2D eigenvalue weighted by Gasteiger charge is -2.36. The van der Waals surface area contributed by atoms with Gasteiger partial charge in [-0.1, -0.05) is 48.5 Å². The second kappa shape index (κ2) is 8.08. The van der Waals surface area contributed by atoms with Crippen LogP contribution in [0.15, 0.2) is 72.9 Å².